The van der Waals surface area contributed by atoms with Crippen LogP contribution in [0.4, 0.5) is 0 Å². The highest BCUT2D eigenvalue weighted by molar-refractivity contribution is 5.77. The van der Waals surface area contributed by atoms with Gasteiger partial charge in [-0.05, 0) is 30.8 Å². The molecule has 3 aromatic rings. The maximum Gasteiger partial charge on any atom is 0.246 e. The Morgan fingerprint density at radius 3 is 2.62 bits per heavy atom. The lowest BCUT2D eigenvalue weighted by molar-refractivity contribution is -0.131. The van der Waals surface area contributed by atoms with Crippen LogP contribution >= 0.6 is 0 Å². The molecule has 0 fully saturated rings. The standard InChI is InChI=1S/C18H20N6O2/c1-23(11-14-4-3-7-20-10-14)13-17(25)24(2)12-16-21-18(22-26-16)15-5-8-19-9-6-15/h3-10H,11-13H2,1-2H3. The molecule has 0 radical (unpaired) electrons. The zero-order valence-corrected chi connectivity index (χ0v) is 14.7. The number of hydrogen-bond donors (Lipinski definition) is 0. The fourth-order valence-corrected chi connectivity index (χ4v) is 2.44. The van der Waals surface area contributed by atoms with Crippen molar-refractivity contribution >= 4 is 5.91 Å². The second-order valence-electron chi connectivity index (χ2n) is 6.03. The first-order chi connectivity index (χ1) is 12.6. The van der Waals surface area contributed by atoms with E-state index in [4.69, 9.17) is 4.52 Å². The second kappa shape index (κ2) is 8.30. The first-order valence-corrected chi connectivity index (χ1v) is 8.16. The van der Waals surface area contributed by atoms with Gasteiger partial charge in [0.05, 0.1) is 13.1 Å². The number of likely N-dealkylation sites (N-methyl/N-ethyl adjacent to an activating group) is 2. The second-order valence-corrected chi connectivity index (χ2v) is 6.03. The van der Waals surface area contributed by atoms with Crippen molar-refractivity contribution in [1.29, 1.82) is 0 Å². The monoisotopic (exact) mass is 352 g/mol. The quantitative estimate of drug-likeness (QED) is 0.638. The van der Waals surface area contributed by atoms with E-state index in [2.05, 4.69) is 20.1 Å². The van der Waals surface area contributed by atoms with Crippen molar-refractivity contribution in [3.8, 4) is 11.4 Å². The number of carbonyl (C=O) groups is 1. The fourth-order valence-electron chi connectivity index (χ4n) is 2.44. The number of pyridine rings is 2. The topological polar surface area (TPSA) is 88.3 Å². The molecule has 0 aliphatic carbocycles. The van der Waals surface area contributed by atoms with Gasteiger partial charge in [-0.2, -0.15) is 4.98 Å². The average Bonchev–Trinajstić information content (AvgIpc) is 3.11. The number of nitrogens with zero attached hydrogens (tertiary/aromatic N) is 6. The van der Waals surface area contributed by atoms with Crippen LogP contribution in [0, 0.1) is 0 Å². The molecule has 0 spiro atoms. The molecule has 134 valence electrons. The minimum Gasteiger partial charge on any atom is -0.337 e. The Kier molecular flexibility index (Phi) is 5.65. The average molecular weight is 352 g/mol. The fraction of sp³-hybridized carbons (Fsp3) is 0.278. The van der Waals surface area contributed by atoms with Gasteiger partial charge in [-0.3, -0.25) is 19.7 Å². The number of amides is 1. The molecule has 0 N–H and O–H groups in total. The summed E-state index contributed by atoms with van der Waals surface area (Å²) in [6.45, 7) is 1.20. The first-order valence-electron chi connectivity index (χ1n) is 8.16. The predicted octanol–water partition coefficient (Wildman–Crippen LogP) is 1.62. The summed E-state index contributed by atoms with van der Waals surface area (Å²) in [7, 11) is 3.61. The van der Waals surface area contributed by atoms with E-state index in [-0.39, 0.29) is 19.0 Å². The summed E-state index contributed by atoms with van der Waals surface area (Å²) in [6, 6.07) is 7.47. The Bertz CT molecular complexity index is 837. The molecule has 26 heavy (non-hydrogen) atoms. The Balaban J connectivity index is 1.53. The normalized spacial score (nSPS) is 10.9. The van der Waals surface area contributed by atoms with Crippen LogP contribution in [-0.4, -0.2) is 56.5 Å². The molecule has 8 nitrogen and oxygen atoms in total. The molecule has 0 aliphatic rings. The van der Waals surface area contributed by atoms with Crippen molar-refractivity contribution < 1.29 is 9.32 Å². The maximum atomic E-state index is 12.4. The largest absolute Gasteiger partial charge is 0.337 e. The van der Waals surface area contributed by atoms with Gasteiger partial charge in [0.25, 0.3) is 0 Å². The molecule has 8 heteroatoms. The van der Waals surface area contributed by atoms with Gasteiger partial charge >= 0.3 is 0 Å². The molecule has 1 amide bonds. The van der Waals surface area contributed by atoms with Gasteiger partial charge in [-0.25, -0.2) is 0 Å². The zero-order chi connectivity index (χ0) is 18.4. The summed E-state index contributed by atoms with van der Waals surface area (Å²) >= 11 is 0. The molecule has 0 atom stereocenters. The summed E-state index contributed by atoms with van der Waals surface area (Å²) in [4.78, 5) is 28.3. The van der Waals surface area contributed by atoms with Crippen LogP contribution in [0.2, 0.25) is 0 Å². The van der Waals surface area contributed by atoms with Crippen molar-refractivity contribution in [1.82, 2.24) is 29.9 Å². The highest BCUT2D eigenvalue weighted by atomic mass is 16.5. The highest BCUT2D eigenvalue weighted by Crippen LogP contribution is 2.14. The summed E-state index contributed by atoms with van der Waals surface area (Å²) in [6.07, 6.45) is 6.86. The Morgan fingerprint density at radius 2 is 1.88 bits per heavy atom. The molecule has 0 aliphatic heterocycles. The number of rotatable bonds is 7. The van der Waals surface area contributed by atoms with E-state index in [1.807, 2.05) is 24.1 Å². The van der Waals surface area contributed by atoms with E-state index >= 15 is 0 Å². The lowest BCUT2D eigenvalue weighted by atomic mass is 10.2. The van der Waals surface area contributed by atoms with E-state index in [0.29, 0.717) is 18.3 Å². The number of aromatic nitrogens is 4. The third-order valence-corrected chi connectivity index (χ3v) is 3.79. The lowest BCUT2D eigenvalue weighted by Crippen LogP contribution is -2.36. The predicted molar refractivity (Wildman–Crippen MR) is 94.6 cm³/mol. The van der Waals surface area contributed by atoms with Gasteiger partial charge in [0.1, 0.15) is 0 Å². The number of carbonyl (C=O) groups excluding carboxylic acids is 1. The minimum atomic E-state index is -0.0277. The molecule has 3 heterocycles. The smallest absolute Gasteiger partial charge is 0.246 e. The van der Waals surface area contributed by atoms with Crippen LogP contribution in [-0.2, 0) is 17.9 Å². The molecule has 3 rings (SSSR count). The van der Waals surface area contributed by atoms with Crippen molar-refractivity contribution in [2.45, 2.75) is 13.1 Å². The molecule has 0 aromatic carbocycles. The van der Waals surface area contributed by atoms with E-state index in [0.717, 1.165) is 11.1 Å². The molecule has 0 bridgehead atoms. The van der Waals surface area contributed by atoms with Crippen LogP contribution in [0.25, 0.3) is 11.4 Å². The van der Waals surface area contributed by atoms with Crippen LogP contribution in [0.1, 0.15) is 11.5 Å². The molecule has 3 aromatic heterocycles. The van der Waals surface area contributed by atoms with Crippen LogP contribution in [0.5, 0.6) is 0 Å². The van der Waals surface area contributed by atoms with Crippen LogP contribution < -0.4 is 0 Å². The van der Waals surface area contributed by atoms with Gasteiger partial charge in [0.15, 0.2) is 0 Å². The van der Waals surface area contributed by atoms with Crippen molar-refractivity contribution in [2.75, 3.05) is 20.6 Å². The van der Waals surface area contributed by atoms with Crippen LogP contribution in [0.15, 0.2) is 53.6 Å². The summed E-state index contributed by atoms with van der Waals surface area (Å²) < 4.78 is 5.24. The zero-order valence-electron chi connectivity index (χ0n) is 14.7. The van der Waals surface area contributed by atoms with E-state index in [1.165, 1.54) is 0 Å². The van der Waals surface area contributed by atoms with Crippen molar-refractivity contribution in [2.24, 2.45) is 0 Å². The molecular formula is C18H20N6O2. The summed E-state index contributed by atoms with van der Waals surface area (Å²) in [5, 5.41) is 3.95. The molecule has 0 unspecified atom stereocenters. The van der Waals surface area contributed by atoms with Crippen molar-refractivity contribution in [3.63, 3.8) is 0 Å². The SMILES string of the molecule is CN(CC(=O)N(C)Cc1nc(-c2ccncc2)no1)Cc1cccnc1. The molecular weight excluding hydrogens is 332 g/mol. The van der Waals surface area contributed by atoms with Gasteiger partial charge < -0.3 is 9.42 Å². The van der Waals surface area contributed by atoms with Crippen molar-refractivity contribution in [3.05, 3.63) is 60.5 Å². The van der Waals surface area contributed by atoms with Gasteiger partial charge in [-0.15, -0.1) is 0 Å². The Labute approximate surface area is 151 Å². The Morgan fingerprint density at radius 1 is 1.08 bits per heavy atom. The molecule has 0 saturated carbocycles. The Hall–Kier alpha value is -3.13. The third kappa shape index (κ3) is 4.70. The first kappa shape index (κ1) is 17.7. The van der Waals surface area contributed by atoms with Gasteiger partial charge in [0, 0.05) is 43.9 Å². The number of hydrogen-bond acceptors (Lipinski definition) is 7. The van der Waals surface area contributed by atoms with Gasteiger partial charge in [0.2, 0.25) is 17.6 Å². The minimum absolute atomic E-state index is 0.0277. The van der Waals surface area contributed by atoms with Crippen LogP contribution in [0.3, 0.4) is 0 Å². The summed E-state index contributed by atoms with van der Waals surface area (Å²) in [5.74, 6) is 0.847. The summed E-state index contributed by atoms with van der Waals surface area (Å²) in [5.41, 5.74) is 1.88. The lowest BCUT2D eigenvalue weighted by Gasteiger charge is -2.20. The maximum absolute atomic E-state index is 12.4. The van der Waals surface area contributed by atoms with E-state index in [1.54, 1.807) is 48.9 Å². The highest BCUT2D eigenvalue weighted by Gasteiger charge is 2.16. The molecule has 0 saturated heterocycles. The third-order valence-electron chi connectivity index (χ3n) is 3.79. The van der Waals surface area contributed by atoms with E-state index in [9.17, 15) is 4.79 Å². The van der Waals surface area contributed by atoms with Gasteiger partial charge in [-0.1, -0.05) is 11.2 Å². The van der Waals surface area contributed by atoms with E-state index < -0.39 is 0 Å².